The molecule has 3 amide bonds. The van der Waals surface area contributed by atoms with Crippen molar-refractivity contribution in [3.63, 3.8) is 0 Å². The first kappa shape index (κ1) is 21.0. The third-order valence-corrected chi connectivity index (χ3v) is 6.28. The Morgan fingerprint density at radius 2 is 1.69 bits per heavy atom. The molecule has 1 spiro atoms. The van der Waals surface area contributed by atoms with Crippen LogP contribution in [0.3, 0.4) is 0 Å². The van der Waals surface area contributed by atoms with E-state index in [0.29, 0.717) is 26.2 Å². The molecule has 2 heterocycles. The van der Waals surface area contributed by atoms with Crippen LogP contribution in [0.15, 0.2) is 30.3 Å². The first-order valence-electron chi connectivity index (χ1n) is 10.0. The summed E-state index contributed by atoms with van der Waals surface area (Å²) in [5.41, 5.74) is 0.875. The fourth-order valence-corrected chi connectivity index (χ4v) is 4.12. The van der Waals surface area contributed by atoms with Gasteiger partial charge in [0.2, 0.25) is 5.91 Å². The minimum atomic E-state index is -0.871. The number of likely N-dealkylation sites (N-methyl/N-ethyl adjacent to an activating group) is 1. The lowest BCUT2D eigenvalue weighted by molar-refractivity contribution is -0.137. The smallest absolute Gasteiger partial charge is 0.410 e. The van der Waals surface area contributed by atoms with Gasteiger partial charge >= 0.3 is 12.2 Å². The Morgan fingerprint density at radius 1 is 1.10 bits per heavy atom. The Balaban J connectivity index is 1.48. The van der Waals surface area contributed by atoms with Crippen molar-refractivity contribution in [3.8, 4) is 0 Å². The molecule has 2 aliphatic rings. The van der Waals surface area contributed by atoms with Gasteiger partial charge in [0.15, 0.2) is 0 Å². The van der Waals surface area contributed by atoms with E-state index >= 15 is 0 Å². The summed E-state index contributed by atoms with van der Waals surface area (Å²) in [6, 6.07) is 8.78. The standard InChI is InChI=1S/C21H29N3O5/c1-16(22(2)20(28)29-14-17-6-4-3-5-7-17)18(25)23-11-8-21(9-12-23)10-13-24(15-21)19(26)27/h3-7,16H,8-15H2,1-2H3,(H,26,27). The van der Waals surface area contributed by atoms with E-state index in [-0.39, 0.29) is 17.9 Å². The second-order valence-corrected chi connectivity index (χ2v) is 8.11. The zero-order valence-corrected chi connectivity index (χ0v) is 17.0. The number of carbonyl (C=O) groups is 3. The zero-order valence-electron chi connectivity index (χ0n) is 17.0. The van der Waals surface area contributed by atoms with Gasteiger partial charge in [-0.05, 0) is 37.2 Å². The number of likely N-dealkylation sites (tertiary alicyclic amines) is 2. The number of hydrogen-bond donors (Lipinski definition) is 1. The van der Waals surface area contributed by atoms with E-state index in [9.17, 15) is 19.5 Å². The fraction of sp³-hybridized carbons (Fsp3) is 0.571. The summed E-state index contributed by atoms with van der Waals surface area (Å²) in [4.78, 5) is 40.9. The number of carboxylic acid groups (broad SMARTS) is 1. The van der Waals surface area contributed by atoms with E-state index in [1.165, 1.54) is 9.80 Å². The molecular weight excluding hydrogens is 374 g/mol. The van der Waals surface area contributed by atoms with Gasteiger partial charge in [-0.3, -0.25) is 9.69 Å². The molecular formula is C21H29N3O5. The summed E-state index contributed by atoms with van der Waals surface area (Å²) in [6.45, 7) is 4.16. The highest BCUT2D eigenvalue weighted by Crippen LogP contribution is 2.40. The van der Waals surface area contributed by atoms with Crippen LogP contribution in [0.1, 0.15) is 31.7 Å². The van der Waals surface area contributed by atoms with Crippen LogP contribution < -0.4 is 0 Å². The van der Waals surface area contributed by atoms with E-state index < -0.39 is 18.2 Å². The molecule has 0 aliphatic carbocycles. The highest BCUT2D eigenvalue weighted by atomic mass is 16.6. The topological polar surface area (TPSA) is 90.4 Å². The lowest BCUT2D eigenvalue weighted by atomic mass is 9.77. The lowest BCUT2D eigenvalue weighted by Crippen LogP contribution is -2.52. The van der Waals surface area contributed by atoms with Crippen molar-refractivity contribution in [2.45, 2.75) is 38.8 Å². The molecule has 2 fully saturated rings. The minimum absolute atomic E-state index is 0.0150. The number of hydrogen-bond acceptors (Lipinski definition) is 4. The maximum Gasteiger partial charge on any atom is 0.410 e. The number of piperidine rings is 1. The first-order valence-corrected chi connectivity index (χ1v) is 10.0. The molecule has 3 rings (SSSR count). The second kappa shape index (κ2) is 8.71. The highest BCUT2D eigenvalue weighted by Gasteiger charge is 2.43. The molecule has 8 nitrogen and oxygen atoms in total. The van der Waals surface area contributed by atoms with Gasteiger partial charge in [0.25, 0.3) is 0 Å². The van der Waals surface area contributed by atoms with Crippen molar-refractivity contribution in [1.29, 1.82) is 0 Å². The first-order chi connectivity index (χ1) is 13.8. The SMILES string of the molecule is CC(C(=O)N1CCC2(CCN(C(=O)O)C2)CC1)N(C)C(=O)OCc1ccccc1. The van der Waals surface area contributed by atoms with Gasteiger partial charge in [-0.1, -0.05) is 30.3 Å². The van der Waals surface area contributed by atoms with Gasteiger partial charge in [-0.2, -0.15) is 0 Å². The number of amides is 3. The number of nitrogens with zero attached hydrogens (tertiary/aromatic N) is 3. The van der Waals surface area contributed by atoms with Crippen LogP contribution in [-0.2, 0) is 16.1 Å². The average Bonchev–Trinajstić information content (AvgIpc) is 3.15. The molecule has 2 aliphatic heterocycles. The van der Waals surface area contributed by atoms with Crippen molar-refractivity contribution in [2.24, 2.45) is 5.41 Å². The van der Waals surface area contributed by atoms with Crippen molar-refractivity contribution in [2.75, 3.05) is 33.2 Å². The summed E-state index contributed by atoms with van der Waals surface area (Å²) in [5.74, 6) is -0.105. The molecule has 1 atom stereocenters. The third-order valence-electron chi connectivity index (χ3n) is 6.28. The molecule has 1 aromatic carbocycles. The Hall–Kier alpha value is -2.77. The highest BCUT2D eigenvalue weighted by molar-refractivity contribution is 5.85. The number of carbonyl (C=O) groups excluding carboxylic acids is 2. The molecule has 0 radical (unpaired) electrons. The molecule has 158 valence electrons. The van der Waals surface area contributed by atoms with Crippen LogP contribution in [0.2, 0.25) is 0 Å². The fourth-order valence-electron chi connectivity index (χ4n) is 4.12. The second-order valence-electron chi connectivity index (χ2n) is 8.11. The molecule has 0 bridgehead atoms. The summed E-state index contributed by atoms with van der Waals surface area (Å²) >= 11 is 0. The average molecular weight is 403 g/mol. The summed E-state index contributed by atoms with van der Waals surface area (Å²) in [6.07, 6.45) is 1.03. The Kier molecular flexibility index (Phi) is 6.30. The maximum atomic E-state index is 12.9. The predicted molar refractivity (Wildman–Crippen MR) is 106 cm³/mol. The van der Waals surface area contributed by atoms with Crippen molar-refractivity contribution in [1.82, 2.24) is 14.7 Å². The van der Waals surface area contributed by atoms with Crippen LogP contribution in [0.5, 0.6) is 0 Å². The van der Waals surface area contributed by atoms with Gasteiger partial charge in [0.05, 0.1) is 0 Å². The Labute approximate surface area is 171 Å². The lowest BCUT2D eigenvalue weighted by Gasteiger charge is -2.40. The third kappa shape index (κ3) is 4.81. The van der Waals surface area contributed by atoms with E-state index in [1.54, 1.807) is 18.9 Å². The number of ether oxygens (including phenoxy) is 1. The van der Waals surface area contributed by atoms with E-state index in [0.717, 1.165) is 24.8 Å². The van der Waals surface area contributed by atoms with Gasteiger partial charge in [0.1, 0.15) is 12.6 Å². The minimum Gasteiger partial charge on any atom is -0.465 e. The summed E-state index contributed by atoms with van der Waals surface area (Å²) in [7, 11) is 1.57. The molecule has 0 saturated carbocycles. The van der Waals surface area contributed by atoms with Crippen LogP contribution in [0.25, 0.3) is 0 Å². The van der Waals surface area contributed by atoms with Gasteiger partial charge in [0, 0.05) is 33.2 Å². The van der Waals surface area contributed by atoms with E-state index in [2.05, 4.69) is 0 Å². The van der Waals surface area contributed by atoms with Crippen molar-refractivity contribution in [3.05, 3.63) is 35.9 Å². The van der Waals surface area contributed by atoms with Gasteiger partial charge < -0.3 is 19.6 Å². The van der Waals surface area contributed by atoms with Crippen LogP contribution >= 0.6 is 0 Å². The van der Waals surface area contributed by atoms with Crippen molar-refractivity contribution < 1.29 is 24.2 Å². The summed E-state index contributed by atoms with van der Waals surface area (Å²) in [5, 5.41) is 9.18. The van der Waals surface area contributed by atoms with Gasteiger partial charge in [-0.25, -0.2) is 9.59 Å². The van der Waals surface area contributed by atoms with E-state index in [1.807, 2.05) is 30.3 Å². The number of rotatable bonds is 4. The predicted octanol–water partition coefficient (Wildman–Crippen LogP) is 2.64. The maximum absolute atomic E-state index is 12.9. The molecule has 0 aromatic heterocycles. The quantitative estimate of drug-likeness (QED) is 0.835. The number of benzene rings is 1. The molecule has 1 unspecified atom stereocenters. The van der Waals surface area contributed by atoms with Gasteiger partial charge in [-0.15, -0.1) is 0 Å². The van der Waals surface area contributed by atoms with Crippen LogP contribution in [-0.4, -0.2) is 77.2 Å². The van der Waals surface area contributed by atoms with Crippen LogP contribution in [0.4, 0.5) is 9.59 Å². The Morgan fingerprint density at radius 3 is 2.24 bits per heavy atom. The summed E-state index contributed by atoms with van der Waals surface area (Å²) < 4.78 is 5.31. The monoisotopic (exact) mass is 403 g/mol. The Bertz CT molecular complexity index is 746. The molecule has 29 heavy (non-hydrogen) atoms. The normalized spacial score (nSPS) is 19.1. The zero-order chi connectivity index (χ0) is 21.0. The largest absolute Gasteiger partial charge is 0.465 e. The van der Waals surface area contributed by atoms with Crippen molar-refractivity contribution >= 4 is 18.1 Å². The molecule has 1 N–H and O–H groups in total. The molecule has 1 aromatic rings. The molecule has 8 heteroatoms. The van der Waals surface area contributed by atoms with Crippen LogP contribution in [0, 0.1) is 5.41 Å². The van der Waals surface area contributed by atoms with E-state index in [4.69, 9.17) is 4.74 Å². The molecule has 2 saturated heterocycles.